The van der Waals surface area contributed by atoms with Gasteiger partial charge in [0.2, 0.25) is 11.9 Å². The van der Waals surface area contributed by atoms with Gasteiger partial charge in [-0.3, -0.25) is 4.79 Å². The molecule has 1 aromatic carbocycles. The van der Waals surface area contributed by atoms with Crippen LogP contribution in [0, 0.1) is 19.3 Å². The van der Waals surface area contributed by atoms with Crippen molar-refractivity contribution < 1.29 is 4.79 Å². The number of carbonyl (C=O) groups excluding carboxylic acids is 1. The third-order valence-electron chi connectivity index (χ3n) is 4.66. The molecule has 0 saturated carbocycles. The molecule has 1 amide bonds. The number of carbonyl (C=O) groups is 1. The summed E-state index contributed by atoms with van der Waals surface area (Å²) in [7, 11) is 0. The molecule has 0 unspecified atom stereocenters. The highest BCUT2D eigenvalue weighted by molar-refractivity contribution is 5.81. The number of amides is 1. The molecule has 2 aromatic rings. The van der Waals surface area contributed by atoms with E-state index in [1.807, 2.05) is 50.8 Å². The predicted molar refractivity (Wildman–Crippen MR) is 109 cm³/mol. The van der Waals surface area contributed by atoms with Gasteiger partial charge in [0.25, 0.3) is 0 Å². The number of anilines is 3. The van der Waals surface area contributed by atoms with Gasteiger partial charge < -0.3 is 15.1 Å². The molecule has 144 valence electrons. The van der Waals surface area contributed by atoms with E-state index in [9.17, 15) is 4.79 Å². The maximum Gasteiger partial charge on any atom is 0.228 e. The average molecular weight is 367 g/mol. The van der Waals surface area contributed by atoms with Crippen LogP contribution in [0.1, 0.15) is 32.0 Å². The van der Waals surface area contributed by atoms with Crippen LogP contribution in [0.25, 0.3) is 0 Å². The Labute approximate surface area is 161 Å². The minimum absolute atomic E-state index is 0.203. The number of piperazine rings is 1. The quantitative estimate of drug-likeness (QED) is 0.899. The maximum atomic E-state index is 12.5. The molecule has 6 nitrogen and oxygen atoms in total. The van der Waals surface area contributed by atoms with Crippen molar-refractivity contribution in [3.05, 3.63) is 41.6 Å². The van der Waals surface area contributed by atoms with Crippen LogP contribution in [0.2, 0.25) is 0 Å². The van der Waals surface area contributed by atoms with E-state index in [0.29, 0.717) is 19.0 Å². The van der Waals surface area contributed by atoms with Gasteiger partial charge in [-0.15, -0.1) is 0 Å². The summed E-state index contributed by atoms with van der Waals surface area (Å²) in [4.78, 5) is 25.9. The molecule has 1 aliphatic rings. The van der Waals surface area contributed by atoms with Crippen molar-refractivity contribution in [2.75, 3.05) is 36.4 Å². The molecule has 0 radical (unpaired) electrons. The lowest BCUT2D eigenvalue weighted by Gasteiger charge is -2.37. The topological polar surface area (TPSA) is 61.4 Å². The van der Waals surface area contributed by atoms with Gasteiger partial charge in [-0.25, -0.2) is 4.98 Å². The lowest BCUT2D eigenvalue weighted by atomic mass is 9.94. The molecule has 1 fully saturated rings. The van der Waals surface area contributed by atoms with Gasteiger partial charge in [-0.1, -0.05) is 38.5 Å². The first kappa shape index (κ1) is 19.1. The molecule has 1 aromatic heterocycles. The van der Waals surface area contributed by atoms with E-state index in [-0.39, 0.29) is 11.3 Å². The average Bonchev–Trinajstić information content (AvgIpc) is 2.62. The number of nitrogens with zero attached hydrogens (tertiary/aromatic N) is 4. The summed E-state index contributed by atoms with van der Waals surface area (Å²) in [5, 5.41) is 3.36. The van der Waals surface area contributed by atoms with Crippen molar-refractivity contribution in [2.24, 2.45) is 5.41 Å². The number of hydrogen-bond donors (Lipinski definition) is 1. The molecule has 0 aliphatic carbocycles. The minimum atomic E-state index is -0.340. The molecule has 2 heterocycles. The summed E-state index contributed by atoms with van der Waals surface area (Å²) in [5.74, 6) is 1.70. The predicted octanol–water partition coefficient (Wildman–Crippen LogP) is 3.53. The Bertz CT molecular complexity index is 802. The number of rotatable bonds is 3. The van der Waals surface area contributed by atoms with Crippen LogP contribution < -0.4 is 10.2 Å². The molecule has 0 bridgehead atoms. The molecular formula is C21H29N5O. The second kappa shape index (κ2) is 7.55. The van der Waals surface area contributed by atoms with E-state index in [1.54, 1.807) is 0 Å². The lowest BCUT2D eigenvalue weighted by molar-refractivity contribution is -0.139. The lowest BCUT2D eigenvalue weighted by Crippen LogP contribution is -2.52. The fourth-order valence-corrected chi connectivity index (χ4v) is 3.13. The molecule has 1 saturated heterocycles. The highest BCUT2D eigenvalue weighted by Gasteiger charge is 2.30. The Morgan fingerprint density at radius 3 is 2.22 bits per heavy atom. The van der Waals surface area contributed by atoms with Crippen LogP contribution in [0.3, 0.4) is 0 Å². The zero-order chi connectivity index (χ0) is 19.6. The summed E-state index contributed by atoms with van der Waals surface area (Å²) in [6.45, 7) is 12.8. The maximum absolute atomic E-state index is 12.5. The van der Waals surface area contributed by atoms with Crippen LogP contribution in [0.4, 0.5) is 17.5 Å². The van der Waals surface area contributed by atoms with E-state index >= 15 is 0 Å². The Kier molecular flexibility index (Phi) is 5.35. The largest absolute Gasteiger partial charge is 0.340 e. The molecule has 1 N–H and O–H groups in total. The van der Waals surface area contributed by atoms with Crippen molar-refractivity contribution in [1.29, 1.82) is 0 Å². The van der Waals surface area contributed by atoms with Gasteiger partial charge in [0, 0.05) is 49.0 Å². The van der Waals surface area contributed by atoms with Gasteiger partial charge >= 0.3 is 0 Å². The first-order valence-electron chi connectivity index (χ1n) is 9.46. The molecule has 6 heteroatoms. The van der Waals surface area contributed by atoms with Crippen LogP contribution in [0.5, 0.6) is 0 Å². The van der Waals surface area contributed by atoms with E-state index in [4.69, 9.17) is 4.98 Å². The Morgan fingerprint density at radius 2 is 1.63 bits per heavy atom. The first-order chi connectivity index (χ1) is 12.7. The zero-order valence-electron chi connectivity index (χ0n) is 16.9. The van der Waals surface area contributed by atoms with E-state index in [0.717, 1.165) is 30.3 Å². The molecule has 0 spiro atoms. The Hall–Kier alpha value is -2.63. The van der Waals surface area contributed by atoms with Crippen molar-refractivity contribution in [3.63, 3.8) is 0 Å². The molecule has 27 heavy (non-hydrogen) atoms. The van der Waals surface area contributed by atoms with E-state index in [1.165, 1.54) is 5.56 Å². The zero-order valence-corrected chi connectivity index (χ0v) is 16.9. The van der Waals surface area contributed by atoms with E-state index < -0.39 is 0 Å². The fraction of sp³-hybridized carbons (Fsp3) is 0.476. The van der Waals surface area contributed by atoms with E-state index in [2.05, 4.69) is 34.3 Å². The summed E-state index contributed by atoms with van der Waals surface area (Å²) in [6.07, 6.45) is 0. The SMILES string of the molecule is Cc1ccc(Nc2cc(C)nc(N3CCN(C(=O)C(C)(C)C)CC3)n2)cc1. The van der Waals surface area contributed by atoms with Gasteiger partial charge in [0.15, 0.2) is 0 Å². The van der Waals surface area contributed by atoms with Gasteiger partial charge in [0.05, 0.1) is 0 Å². The van der Waals surface area contributed by atoms with Gasteiger partial charge in [-0.05, 0) is 26.0 Å². The third kappa shape index (κ3) is 4.76. The highest BCUT2D eigenvalue weighted by atomic mass is 16.2. The van der Waals surface area contributed by atoms with Crippen LogP contribution in [-0.4, -0.2) is 47.0 Å². The Morgan fingerprint density at radius 1 is 1.00 bits per heavy atom. The first-order valence-corrected chi connectivity index (χ1v) is 9.46. The number of nitrogens with one attached hydrogen (secondary N) is 1. The molecule has 3 rings (SSSR count). The monoisotopic (exact) mass is 367 g/mol. The highest BCUT2D eigenvalue weighted by Crippen LogP contribution is 2.22. The summed E-state index contributed by atoms with van der Waals surface area (Å²) >= 11 is 0. The standard InChI is InChI=1S/C21H29N5O/c1-15-6-8-17(9-7-15)23-18-14-16(2)22-20(24-18)26-12-10-25(11-13-26)19(27)21(3,4)5/h6-9,14H,10-13H2,1-5H3,(H,22,23,24). The molecule has 0 atom stereocenters. The number of hydrogen-bond acceptors (Lipinski definition) is 5. The van der Waals surface area contributed by atoms with Crippen molar-refractivity contribution >= 4 is 23.4 Å². The van der Waals surface area contributed by atoms with Gasteiger partial charge in [-0.2, -0.15) is 4.98 Å². The van der Waals surface area contributed by atoms with Crippen molar-refractivity contribution in [2.45, 2.75) is 34.6 Å². The van der Waals surface area contributed by atoms with Crippen molar-refractivity contribution in [3.8, 4) is 0 Å². The second-order valence-corrected chi connectivity index (χ2v) is 8.21. The smallest absolute Gasteiger partial charge is 0.228 e. The molecular weight excluding hydrogens is 338 g/mol. The minimum Gasteiger partial charge on any atom is -0.340 e. The molecule has 1 aliphatic heterocycles. The fourth-order valence-electron chi connectivity index (χ4n) is 3.13. The third-order valence-corrected chi connectivity index (χ3v) is 4.66. The van der Waals surface area contributed by atoms with Crippen LogP contribution in [0.15, 0.2) is 30.3 Å². The summed E-state index contributed by atoms with van der Waals surface area (Å²) in [6, 6.07) is 10.2. The van der Waals surface area contributed by atoms with Gasteiger partial charge in [0.1, 0.15) is 5.82 Å². The second-order valence-electron chi connectivity index (χ2n) is 8.21. The van der Waals surface area contributed by atoms with Crippen LogP contribution in [-0.2, 0) is 4.79 Å². The number of benzene rings is 1. The number of aryl methyl sites for hydroxylation is 2. The normalized spacial score (nSPS) is 15.0. The van der Waals surface area contributed by atoms with Crippen LogP contribution >= 0.6 is 0 Å². The summed E-state index contributed by atoms with van der Waals surface area (Å²) in [5.41, 5.74) is 2.81. The Balaban J connectivity index is 1.70. The van der Waals surface area contributed by atoms with Crippen molar-refractivity contribution in [1.82, 2.24) is 14.9 Å². The summed E-state index contributed by atoms with van der Waals surface area (Å²) < 4.78 is 0. The number of aromatic nitrogens is 2.